The number of amides is 1. The van der Waals surface area contributed by atoms with Gasteiger partial charge in [0, 0.05) is 31.9 Å². The normalized spacial score (nSPS) is 28.8. The molecule has 3 rings (SSSR count). The zero-order chi connectivity index (χ0) is 14.7. The molecule has 0 aliphatic carbocycles. The lowest BCUT2D eigenvalue weighted by atomic mass is 9.88. The first kappa shape index (κ1) is 14.3. The minimum Gasteiger partial charge on any atom is -0.387 e. The van der Waals surface area contributed by atoms with Gasteiger partial charge in [-0.2, -0.15) is 0 Å². The quantitative estimate of drug-likeness (QED) is 0.854. The molecule has 1 aromatic rings. The molecule has 2 unspecified atom stereocenters. The Morgan fingerprint density at radius 2 is 2.52 bits per heavy atom. The van der Waals surface area contributed by atoms with Crippen LogP contribution in [0.4, 0.5) is 5.69 Å². The lowest BCUT2D eigenvalue weighted by Gasteiger charge is -2.39. The smallest absolute Gasteiger partial charge is 0.248 e. The van der Waals surface area contributed by atoms with Crippen molar-refractivity contribution in [1.29, 1.82) is 0 Å². The number of aliphatic hydroxyl groups is 1. The Balaban J connectivity index is 1.61. The van der Waals surface area contributed by atoms with Crippen molar-refractivity contribution in [3.8, 4) is 0 Å². The molecule has 3 heterocycles. The van der Waals surface area contributed by atoms with Crippen molar-refractivity contribution in [3.63, 3.8) is 0 Å². The SMILES string of the molecule is O=C(CO)N1CCCC2(CC(Nc3cccnc3)CO2)C1. The summed E-state index contributed by atoms with van der Waals surface area (Å²) in [6.45, 7) is 1.51. The summed E-state index contributed by atoms with van der Waals surface area (Å²) in [7, 11) is 0. The summed E-state index contributed by atoms with van der Waals surface area (Å²) in [6, 6.07) is 4.12. The van der Waals surface area contributed by atoms with E-state index >= 15 is 0 Å². The maximum absolute atomic E-state index is 11.7. The van der Waals surface area contributed by atoms with Gasteiger partial charge in [-0.1, -0.05) is 0 Å². The summed E-state index contributed by atoms with van der Waals surface area (Å²) in [4.78, 5) is 17.5. The first-order valence-corrected chi connectivity index (χ1v) is 7.40. The number of hydrogen-bond acceptors (Lipinski definition) is 5. The predicted octanol–water partition coefficient (Wildman–Crippen LogP) is 0.636. The number of carbonyl (C=O) groups excluding carboxylic acids is 1. The van der Waals surface area contributed by atoms with Crippen LogP contribution in [0, 0.1) is 0 Å². The van der Waals surface area contributed by atoms with E-state index in [0.29, 0.717) is 19.7 Å². The molecule has 0 bridgehead atoms. The molecule has 2 saturated heterocycles. The standard InChI is InChI=1S/C15H21N3O3/c19-9-14(20)18-6-2-4-15(11-18)7-13(10-21-15)17-12-3-1-5-16-8-12/h1,3,5,8,13,17,19H,2,4,6-7,9-11H2. The van der Waals surface area contributed by atoms with Crippen molar-refractivity contribution in [2.24, 2.45) is 0 Å². The number of rotatable bonds is 3. The lowest BCUT2D eigenvalue weighted by molar-refractivity contribution is -0.142. The van der Waals surface area contributed by atoms with Gasteiger partial charge in [-0.05, 0) is 25.0 Å². The second-order valence-corrected chi connectivity index (χ2v) is 5.86. The Kier molecular flexibility index (Phi) is 4.07. The molecule has 2 aliphatic rings. The largest absolute Gasteiger partial charge is 0.387 e. The van der Waals surface area contributed by atoms with Gasteiger partial charge in [-0.3, -0.25) is 9.78 Å². The Hall–Kier alpha value is -1.66. The third-order valence-corrected chi connectivity index (χ3v) is 4.27. The summed E-state index contributed by atoms with van der Waals surface area (Å²) in [6.07, 6.45) is 6.31. The molecule has 1 aromatic heterocycles. The molecule has 0 saturated carbocycles. The molecule has 6 nitrogen and oxygen atoms in total. The van der Waals surface area contributed by atoms with Gasteiger partial charge in [0.25, 0.3) is 0 Å². The fraction of sp³-hybridized carbons (Fsp3) is 0.600. The van der Waals surface area contributed by atoms with E-state index < -0.39 is 6.61 Å². The van der Waals surface area contributed by atoms with Crippen molar-refractivity contribution >= 4 is 11.6 Å². The van der Waals surface area contributed by atoms with Crippen LogP contribution in [0.5, 0.6) is 0 Å². The van der Waals surface area contributed by atoms with E-state index in [-0.39, 0.29) is 17.6 Å². The molecule has 0 aromatic carbocycles. The monoisotopic (exact) mass is 291 g/mol. The van der Waals surface area contributed by atoms with E-state index in [1.54, 1.807) is 17.3 Å². The molecule has 0 radical (unpaired) electrons. The second kappa shape index (κ2) is 5.99. The number of ether oxygens (including phenoxy) is 1. The van der Waals surface area contributed by atoms with Crippen LogP contribution < -0.4 is 5.32 Å². The number of carbonyl (C=O) groups is 1. The number of anilines is 1. The van der Waals surface area contributed by atoms with Gasteiger partial charge in [0.2, 0.25) is 5.91 Å². The molecule has 2 atom stereocenters. The van der Waals surface area contributed by atoms with Crippen LogP contribution in [0.1, 0.15) is 19.3 Å². The van der Waals surface area contributed by atoms with Crippen molar-refractivity contribution in [1.82, 2.24) is 9.88 Å². The van der Waals surface area contributed by atoms with Crippen molar-refractivity contribution in [2.75, 3.05) is 31.6 Å². The molecule has 1 spiro atoms. The van der Waals surface area contributed by atoms with Gasteiger partial charge in [-0.15, -0.1) is 0 Å². The molecular weight excluding hydrogens is 270 g/mol. The second-order valence-electron chi connectivity index (χ2n) is 5.86. The van der Waals surface area contributed by atoms with Crippen LogP contribution in [0.15, 0.2) is 24.5 Å². The fourth-order valence-corrected chi connectivity index (χ4v) is 3.32. The number of piperidine rings is 1. The maximum atomic E-state index is 11.7. The summed E-state index contributed by atoms with van der Waals surface area (Å²) in [5.74, 6) is -0.207. The Morgan fingerprint density at radius 1 is 1.62 bits per heavy atom. The van der Waals surface area contributed by atoms with E-state index in [1.807, 2.05) is 12.1 Å². The van der Waals surface area contributed by atoms with E-state index in [9.17, 15) is 4.79 Å². The number of nitrogens with one attached hydrogen (secondary N) is 1. The third kappa shape index (κ3) is 3.16. The molecule has 1 amide bonds. The third-order valence-electron chi connectivity index (χ3n) is 4.27. The fourth-order valence-electron chi connectivity index (χ4n) is 3.32. The van der Waals surface area contributed by atoms with Crippen LogP contribution in [0.3, 0.4) is 0 Å². The van der Waals surface area contributed by atoms with Gasteiger partial charge in [0.1, 0.15) is 6.61 Å². The van der Waals surface area contributed by atoms with Gasteiger partial charge in [-0.25, -0.2) is 0 Å². The lowest BCUT2D eigenvalue weighted by Crippen LogP contribution is -2.51. The predicted molar refractivity (Wildman–Crippen MR) is 77.8 cm³/mol. The first-order valence-electron chi connectivity index (χ1n) is 7.40. The van der Waals surface area contributed by atoms with Crippen molar-refractivity contribution in [3.05, 3.63) is 24.5 Å². The number of nitrogens with zero attached hydrogens (tertiary/aromatic N) is 2. The molecule has 2 fully saturated rings. The average molecular weight is 291 g/mol. The topological polar surface area (TPSA) is 74.7 Å². The van der Waals surface area contributed by atoms with Crippen molar-refractivity contribution < 1.29 is 14.6 Å². The molecule has 21 heavy (non-hydrogen) atoms. The average Bonchev–Trinajstić information content (AvgIpc) is 2.89. The van der Waals surface area contributed by atoms with Gasteiger partial charge in [0.15, 0.2) is 0 Å². The highest BCUT2D eigenvalue weighted by Crippen LogP contribution is 2.35. The maximum Gasteiger partial charge on any atom is 0.248 e. The van der Waals surface area contributed by atoms with E-state index in [2.05, 4.69) is 10.3 Å². The number of likely N-dealkylation sites (tertiary alicyclic amines) is 1. The van der Waals surface area contributed by atoms with E-state index in [1.165, 1.54) is 0 Å². The highest BCUT2D eigenvalue weighted by atomic mass is 16.5. The van der Waals surface area contributed by atoms with Crippen LogP contribution >= 0.6 is 0 Å². The van der Waals surface area contributed by atoms with Crippen LogP contribution in [-0.4, -0.2) is 58.8 Å². The summed E-state index contributed by atoms with van der Waals surface area (Å²) < 4.78 is 6.03. The van der Waals surface area contributed by atoms with Gasteiger partial charge >= 0.3 is 0 Å². The highest BCUT2D eigenvalue weighted by molar-refractivity contribution is 5.77. The van der Waals surface area contributed by atoms with E-state index in [4.69, 9.17) is 9.84 Å². The minimum atomic E-state index is -0.423. The van der Waals surface area contributed by atoms with E-state index in [0.717, 1.165) is 24.9 Å². The Labute approximate surface area is 124 Å². The minimum absolute atomic E-state index is 0.207. The molecule has 2 N–H and O–H groups in total. The zero-order valence-corrected chi connectivity index (χ0v) is 12.0. The molecular formula is C15H21N3O3. The Morgan fingerprint density at radius 3 is 3.29 bits per heavy atom. The molecule has 6 heteroatoms. The number of hydrogen-bond donors (Lipinski definition) is 2. The van der Waals surface area contributed by atoms with Crippen LogP contribution in [0.25, 0.3) is 0 Å². The summed E-state index contributed by atoms with van der Waals surface area (Å²) >= 11 is 0. The van der Waals surface area contributed by atoms with Crippen molar-refractivity contribution in [2.45, 2.75) is 30.9 Å². The number of aliphatic hydroxyl groups excluding tert-OH is 1. The molecule has 114 valence electrons. The van der Waals surface area contributed by atoms with Crippen LogP contribution in [-0.2, 0) is 9.53 Å². The van der Waals surface area contributed by atoms with Gasteiger partial charge < -0.3 is 20.1 Å². The summed E-state index contributed by atoms with van der Waals surface area (Å²) in [5.41, 5.74) is 0.727. The summed E-state index contributed by atoms with van der Waals surface area (Å²) in [5, 5.41) is 12.4. The number of aromatic nitrogens is 1. The Bertz CT molecular complexity index is 496. The number of pyridine rings is 1. The first-order chi connectivity index (χ1) is 10.2. The van der Waals surface area contributed by atoms with Gasteiger partial charge in [0.05, 0.1) is 23.9 Å². The highest BCUT2D eigenvalue weighted by Gasteiger charge is 2.44. The molecule has 2 aliphatic heterocycles. The zero-order valence-electron chi connectivity index (χ0n) is 12.0. The van der Waals surface area contributed by atoms with Crippen LogP contribution in [0.2, 0.25) is 0 Å².